The van der Waals surface area contributed by atoms with Gasteiger partial charge in [-0.3, -0.25) is 0 Å². The van der Waals surface area contributed by atoms with Gasteiger partial charge in [0.15, 0.2) is 0 Å². The largest absolute Gasteiger partial charge is 0.376 e. The molecule has 2 heteroatoms. The Morgan fingerprint density at radius 2 is 1.43 bits per heavy atom. The maximum atomic E-state index is 11.5. The number of benzene rings is 2. The van der Waals surface area contributed by atoms with Crippen LogP contribution >= 0.6 is 0 Å². The van der Waals surface area contributed by atoms with E-state index in [1.807, 2.05) is 72.8 Å². The van der Waals surface area contributed by atoms with Crippen molar-refractivity contribution in [2.45, 2.75) is 5.60 Å². The third kappa shape index (κ3) is 2.24. The van der Waals surface area contributed by atoms with Gasteiger partial charge in [-0.05, 0) is 16.7 Å². The average molecular weight is 276 g/mol. The van der Waals surface area contributed by atoms with Crippen molar-refractivity contribution < 1.29 is 9.90 Å². The fourth-order valence-corrected chi connectivity index (χ4v) is 2.83. The third-order valence-corrected chi connectivity index (χ3v) is 3.90. The minimum atomic E-state index is -1.29. The first-order valence-electron chi connectivity index (χ1n) is 6.94. The second kappa shape index (κ2) is 5.51. The van der Waals surface area contributed by atoms with Crippen molar-refractivity contribution >= 4 is 6.29 Å². The van der Waals surface area contributed by atoms with E-state index in [2.05, 4.69) is 0 Å². The van der Waals surface area contributed by atoms with Gasteiger partial charge in [0.1, 0.15) is 11.9 Å². The number of carbonyl (C=O) groups is 1. The average Bonchev–Trinajstić information content (AvgIpc) is 3.05. The Hall–Kier alpha value is -2.45. The zero-order valence-electron chi connectivity index (χ0n) is 11.5. The zero-order valence-corrected chi connectivity index (χ0v) is 11.5. The number of hydrogen-bond acceptors (Lipinski definition) is 2. The van der Waals surface area contributed by atoms with Crippen LogP contribution in [0.2, 0.25) is 0 Å². The lowest BCUT2D eigenvalue weighted by Gasteiger charge is -2.33. The fourth-order valence-electron chi connectivity index (χ4n) is 2.83. The van der Waals surface area contributed by atoms with Crippen molar-refractivity contribution in [1.29, 1.82) is 0 Å². The molecule has 3 rings (SSSR count). The molecular weight excluding hydrogens is 260 g/mol. The number of rotatable bonds is 4. The maximum Gasteiger partial charge on any atom is 0.137 e. The summed E-state index contributed by atoms with van der Waals surface area (Å²) in [5.74, 6) is -0.393. The second-order valence-corrected chi connectivity index (χ2v) is 5.11. The van der Waals surface area contributed by atoms with Gasteiger partial charge in [-0.1, -0.05) is 78.9 Å². The monoisotopic (exact) mass is 276 g/mol. The minimum Gasteiger partial charge on any atom is -0.376 e. The summed E-state index contributed by atoms with van der Waals surface area (Å²) in [5, 5.41) is 11.5. The number of allylic oxidation sites excluding steroid dienone is 3. The van der Waals surface area contributed by atoms with Crippen LogP contribution in [0, 0.1) is 5.92 Å². The van der Waals surface area contributed by atoms with Crippen LogP contribution in [0.1, 0.15) is 11.1 Å². The van der Waals surface area contributed by atoms with Gasteiger partial charge in [0.05, 0.1) is 5.92 Å². The molecule has 0 heterocycles. The summed E-state index contributed by atoms with van der Waals surface area (Å²) in [5.41, 5.74) is 0.920. The van der Waals surface area contributed by atoms with Crippen molar-refractivity contribution in [3.05, 3.63) is 95.6 Å². The molecule has 0 fully saturated rings. The molecule has 0 aliphatic heterocycles. The Morgan fingerprint density at radius 3 is 1.90 bits per heavy atom. The first-order chi connectivity index (χ1) is 10.3. The van der Waals surface area contributed by atoms with Crippen molar-refractivity contribution in [1.82, 2.24) is 0 Å². The molecule has 1 aliphatic rings. The van der Waals surface area contributed by atoms with E-state index in [0.717, 1.165) is 17.4 Å². The predicted molar refractivity (Wildman–Crippen MR) is 82.7 cm³/mol. The summed E-state index contributed by atoms with van der Waals surface area (Å²) >= 11 is 0. The molecule has 0 aromatic heterocycles. The van der Waals surface area contributed by atoms with E-state index in [4.69, 9.17) is 0 Å². The molecule has 2 aromatic carbocycles. The molecule has 0 bridgehead atoms. The lowest BCUT2D eigenvalue weighted by atomic mass is 9.76. The molecule has 1 atom stereocenters. The Bertz CT molecular complexity index is 645. The number of aldehydes is 1. The molecule has 1 unspecified atom stereocenters. The van der Waals surface area contributed by atoms with E-state index in [1.54, 1.807) is 6.08 Å². The standard InChI is InChI=1S/C19H16O2/c20-14-15-8-7-13-18(15)19(21,16-9-3-1-4-10-16)17-11-5-2-6-12-17/h1-15,21H. The molecule has 1 aliphatic carbocycles. The number of carbonyl (C=O) groups excluding carboxylic acids is 1. The summed E-state index contributed by atoms with van der Waals surface area (Å²) in [6.07, 6.45) is 6.33. The maximum absolute atomic E-state index is 11.5. The van der Waals surface area contributed by atoms with Crippen molar-refractivity contribution in [3.8, 4) is 0 Å². The van der Waals surface area contributed by atoms with Crippen LogP contribution in [0.15, 0.2) is 84.5 Å². The molecule has 0 amide bonds. The highest BCUT2D eigenvalue weighted by Gasteiger charge is 2.39. The Balaban J connectivity index is 2.19. The van der Waals surface area contributed by atoms with Gasteiger partial charge in [-0.25, -0.2) is 0 Å². The van der Waals surface area contributed by atoms with Crippen LogP contribution in [0.5, 0.6) is 0 Å². The fraction of sp³-hybridized carbons (Fsp3) is 0.105. The Kier molecular flexibility index (Phi) is 3.55. The first kappa shape index (κ1) is 13.5. The van der Waals surface area contributed by atoms with Crippen LogP contribution < -0.4 is 0 Å². The Morgan fingerprint density at radius 1 is 0.905 bits per heavy atom. The van der Waals surface area contributed by atoms with Gasteiger partial charge in [0, 0.05) is 0 Å². The van der Waals surface area contributed by atoms with Gasteiger partial charge in [0.25, 0.3) is 0 Å². The highest BCUT2D eigenvalue weighted by Crippen LogP contribution is 2.41. The minimum absolute atomic E-state index is 0.393. The molecule has 0 radical (unpaired) electrons. The van der Waals surface area contributed by atoms with E-state index in [9.17, 15) is 9.90 Å². The van der Waals surface area contributed by atoms with E-state index >= 15 is 0 Å². The quantitative estimate of drug-likeness (QED) is 0.870. The lowest BCUT2D eigenvalue weighted by Crippen LogP contribution is -2.32. The van der Waals surface area contributed by atoms with Crippen molar-refractivity contribution in [2.24, 2.45) is 5.92 Å². The number of hydrogen-bond donors (Lipinski definition) is 1. The Labute approximate surface area is 124 Å². The summed E-state index contributed by atoms with van der Waals surface area (Å²) in [4.78, 5) is 11.3. The van der Waals surface area contributed by atoms with Gasteiger partial charge in [-0.15, -0.1) is 0 Å². The molecule has 2 aromatic rings. The molecule has 21 heavy (non-hydrogen) atoms. The van der Waals surface area contributed by atoms with Gasteiger partial charge < -0.3 is 9.90 Å². The molecule has 2 nitrogen and oxygen atoms in total. The molecular formula is C19H16O2. The van der Waals surface area contributed by atoms with Crippen LogP contribution in [0.3, 0.4) is 0 Å². The molecule has 0 saturated heterocycles. The lowest BCUT2D eigenvalue weighted by molar-refractivity contribution is -0.109. The summed E-state index contributed by atoms with van der Waals surface area (Å²) < 4.78 is 0. The van der Waals surface area contributed by atoms with Crippen LogP contribution in [-0.2, 0) is 10.4 Å². The van der Waals surface area contributed by atoms with E-state index < -0.39 is 11.5 Å². The molecule has 0 saturated carbocycles. The smallest absolute Gasteiger partial charge is 0.137 e. The highest BCUT2D eigenvalue weighted by atomic mass is 16.3. The highest BCUT2D eigenvalue weighted by molar-refractivity contribution is 5.68. The summed E-state index contributed by atoms with van der Waals surface area (Å²) in [7, 11) is 0. The third-order valence-electron chi connectivity index (χ3n) is 3.90. The van der Waals surface area contributed by atoms with E-state index in [-0.39, 0.29) is 0 Å². The molecule has 0 spiro atoms. The van der Waals surface area contributed by atoms with E-state index in [0.29, 0.717) is 5.57 Å². The second-order valence-electron chi connectivity index (χ2n) is 5.11. The topological polar surface area (TPSA) is 37.3 Å². The summed E-state index contributed by atoms with van der Waals surface area (Å²) in [6, 6.07) is 18.9. The summed E-state index contributed by atoms with van der Waals surface area (Å²) in [6.45, 7) is 0. The van der Waals surface area contributed by atoms with Gasteiger partial charge >= 0.3 is 0 Å². The van der Waals surface area contributed by atoms with Crippen molar-refractivity contribution in [2.75, 3.05) is 0 Å². The van der Waals surface area contributed by atoms with Crippen LogP contribution in [-0.4, -0.2) is 11.4 Å². The molecule has 104 valence electrons. The zero-order chi connectivity index (χ0) is 14.7. The van der Waals surface area contributed by atoms with Gasteiger partial charge in [0.2, 0.25) is 0 Å². The molecule has 1 N–H and O–H groups in total. The van der Waals surface area contributed by atoms with Gasteiger partial charge in [-0.2, -0.15) is 0 Å². The predicted octanol–water partition coefficient (Wildman–Crippen LogP) is 3.23. The van der Waals surface area contributed by atoms with Crippen LogP contribution in [0.25, 0.3) is 0 Å². The van der Waals surface area contributed by atoms with E-state index in [1.165, 1.54) is 0 Å². The SMILES string of the molecule is O=CC1C=CC=C1C(O)(c1ccccc1)c1ccccc1. The van der Waals surface area contributed by atoms with Crippen LogP contribution in [0.4, 0.5) is 0 Å². The number of aliphatic hydroxyl groups is 1. The van der Waals surface area contributed by atoms with Crippen molar-refractivity contribution in [3.63, 3.8) is 0 Å². The first-order valence-corrected chi connectivity index (χ1v) is 6.94. The normalized spacial score (nSPS) is 17.6.